The minimum Gasteiger partial charge on any atom is -0.486 e. The molecule has 0 bridgehead atoms. The van der Waals surface area contributed by atoms with Crippen molar-refractivity contribution in [2.24, 2.45) is 0 Å². The average molecular weight is 375 g/mol. The van der Waals surface area contributed by atoms with Crippen molar-refractivity contribution in [2.45, 2.75) is 12.5 Å². The SMILES string of the molecule is O=[N+]([O-])c1ccc(COc2ccc(CCl)cc2F)c(Br)c1. The first kappa shape index (κ1) is 15.7. The highest BCUT2D eigenvalue weighted by molar-refractivity contribution is 9.10. The van der Waals surface area contributed by atoms with Gasteiger partial charge >= 0.3 is 0 Å². The molecule has 2 aromatic rings. The van der Waals surface area contributed by atoms with E-state index in [0.29, 0.717) is 15.6 Å². The van der Waals surface area contributed by atoms with Crippen LogP contribution in [0.4, 0.5) is 10.1 Å². The fraction of sp³-hybridized carbons (Fsp3) is 0.143. The van der Waals surface area contributed by atoms with E-state index >= 15 is 0 Å². The number of halogens is 3. The molecule has 7 heteroatoms. The van der Waals surface area contributed by atoms with Crippen LogP contribution in [0.5, 0.6) is 5.75 Å². The summed E-state index contributed by atoms with van der Waals surface area (Å²) < 4.78 is 19.6. The van der Waals surface area contributed by atoms with Crippen LogP contribution in [0, 0.1) is 15.9 Å². The number of benzene rings is 2. The topological polar surface area (TPSA) is 52.4 Å². The minimum absolute atomic E-state index is 0.0247. The highest BCUT2D eigenvalue weighted by Gasteiger charge is 2.11. The maximum absolute atomic E-state index is 13.7. The van der Waals surface area contributed by atoms with Gasteiger partial charge in [-0.3, -0.25) is 10.1 Å². The first-order chi connectivity index (χ1) is 10.0. The van der Waals surface area contributed by atoms with Gasteiger partial charge in [-0.2, -0.15) is 0 Å². The van der Waals surface area contributed by atoms with Crippen LogP contribution in [0.25, 0.3) is 0 Å². The van der Waals surface area contributed by atoms with E-state index < -0.39 is 10.7 Å². The predicted octanol–water partition coefficient (Wildman–Crippen LogP) is 4.81. The van der Waals surface area contributed by atoms with Crippen molar-refractivity contribution >= 4 is 33.2 Å². The van der Waals surface area contributed by atoms with Gasteiger partial charge in [0.05, 0.1) is 4.92 Å². The van der Waals surface area contributed by atoms with E-state index in [2.05, 4.69) is 15.9 Å². The van der Waals surface area contributed by atoms with Crippen molar-refractivity contribution in [3.05, 3.63) is 67.9 Å². The molecule has 0 aromatic heterocycles. The molecule has 0 atom stereocenters. The first-order valence-corrected chi connectivity index (χ1v) is 7.24. The molecular formula is C14H10BrClFNO3. The van der Waals surface area contributed by atoms with Crippen molar-refractivity contribution in [3.63, 3.8) is 0 Å². The molecule has 2 aromatic carbocycles. The van der Waals surface area contributed by atoms with E-state index in [1.165, 1.54) is 24.3 Å². The van der Waals surface area contributed by atoms with E-state index in [4.69, 9.17) is 16.3 Å². The summed E-state index contributed by atoms with van der Waals surface area (Å²) in [4.78, 5) is 10.2. The third-order valence-corrected chi connectivity index (χ3v) is 3.83. The van der Waals surface area contributed by atoms with Crippen LogP contribution >= 0.6 is 27.5 Å². The van der Waals surface area contributed by atoms with Crippen molar-refractivity contribution in [1.29, 1.82) is 0 Å². The average Bonchev–Trinajstić information content (AvgIpc) is 2.46. The summed E-state index contributed by atoms with van der Waals surface area (Å²) in [5.74, 6) is -0.161. The van der Waals surface area contributed by atoms with E-state index in [9.17, 15) is 14.5 Å². The quantitative estimate of drug-likeness (QED) is 0.428. The lowest BCUT2D eigenvalue weighted by Gasteiger charge is -2.09. The lowest BCUT2D eigenvalue weighted by atomic mass is 10.2. The Morgan fingerprint density at radius 2 is 2.05 bits per heavy atom. The van der Waals surface area contributed by atoms with E-state index in [0.717, 1.165) is 0 Å². The van der Waals surface area contributed by atoms with Crippen LogP contribution in [0.1, 0.15) is 11.1 Å². The monoisotopic (exact) mass is 373 g/mol. The highest BCUT2D eigenvalue weighted by Crippen LogP contribution is 2.25. The Bertz CT molecular complexity index is 681. The zero-order valence-electron chi connectivity index (χ0n) is 10.7. The molecule has 0 fully saturated rings. The standard InChI is InChI=1S/C14H10BrClFNO3/c15-12-6-11(18(19)20)3-2-10(12)8-21-14-4-1-9(7-16)5-13(14)17/h1-6H,7-8H2. The summed E-state index contributed by atoms with van der Waals surface area (Å²) in [6, 6.07) is 8.81. The number of hydrogen-bond donors (Lipinski definition) is 0. The molecule has 2 rings (SSSR count). The van der Waals surface area contributed by atoms with Gasteiger partial charge in [-0.05, 0) is 23.8 Å². The molecule has 4 nitrogen and oxygen atoms in total. The third kappa shape index (κ3) is 3.92. The number of rotatable bonds is 5. The molecule has 21 heavy (non-hydrogen) atoms. The number of nitrogens with zero attached hydrogens (tertiary/aromatic N) is 1. The fourth-order valence-electron chi connectivity index (χ4n) is 1.67. The summed E-state index contributed by atoms with van der Waals surface area (Å²) in [6.07, 6.45) is 0. The normalized spacial score (nSPS) is 10.4. The Kier molecular flexibility index (Phi) is 5.14. The predicted molar refractivity (Wildman–Crippen MR) is 81.1 cm³/mol. The van der Waals surface area contributed by atoms with Gasteiger partial charge in [-0.1, -0.05) is 22.0 Å². The molecule has 0 saturated heterocycles. The summed E-state index contributed by atoms with van der Waals surface area (Å²) in [5, 5.41) is 10.6. The summed E-state index contributed by atoms with van der Waals surface area (Å²) in [7, 11) is 0. The summed E-state index contributed by atoms with van der Waals surface area (Å²) >= 11 is 8.85. The van der Waals surface area contributed by atoms with Gasteiger partial charge < -0.3 is 4.74 Å². The molecular weight excluding hydrogens is 365 g/mol. The van der Waals surface area contributed by atoms with Crippen molar-refractivity contribution in [3.8, 4) is 5.75 Å². The molecule has 0 radical (unpaired) electrons. The number of ether oxygens (including phenoxy) is 1. The second kappa shape index (κ2) is 6.87. The molecule has 0 N–H and O–H groups in total. The van der Waals surface area contributed by atoms with Gasteiger partial charge in [-0.15, -0.1) is 11.6 Å². The Labute approximate surface area is 133 Å². The largest absolute Gasteiger partial charge is 0.486 e. The first-order valence-electron chi connectivity index (χ1n) is 5.91. The van der Waals surface area contributed by atoms with Gasteiger partial charge in [0.2, 0.25) is 0 Å². The Morgan fingerprint density at radius 3 is 2.62 bits per heavy atom. The lowest BCUT2D eigenvalue weighted by molar-refractivity contribution is -0.384. The number of non-ortho nitro benzene ring substituents is 1. The van der Waals surface area contributed by atoms with Gasteiger partial charge in [0, 0.05) is 28.0 Å². The molecule has 0 spiro atoms. The van der Waals surface area contributed by atoms with Crippen molar-refractivity contribution < 1.29 is 14.1 Å². The lowest BCUT2D eigenvalue weighted by Crippen LogP contribution is -1.99. The summed E-state index contributed by atoms with van der Waals surface area (Å²) in [6.45, 7) is 0.0930. The number of nitro groups is 1. The maximum atomic E-state index is 13.7. The van der Waals surface area contributed by atoms with Gasteiger partial charge in [0.25, 0.3) is 5.69 Å². The number of alkyl halides is 1. The van der Waals surface area contributed by atoms with Crippen LogP contribution in [-0.4, -0.2) is 4.92 Å². The van der Waals surface area contributed by atoms with Crippen LogP contribution < -0.4 is 4.74 Å². The number of nitro benzene ring substituents is 1. The molecule has 0 unspecified atom stereocenters. The molecule has 0 aliphatic rings. The number of hydrogen-bond acceptors (Lipinski definition) is 3. The minimum atomic E-state index is -0.494. The van der Waals surface area contributed by atoms with Gasteiger partial charge in [0.15, 0.2) is 11.6 Å². The van der Waals surface area contributed by atoms with Gasteiger partial charge in [-0.25, -0.2) is 4.39 Å². The van der Waals surface area contributed by atoms with Crippen LogP contribution in [-0.2, 0) is 12.5 Å². The smallest absolute Gasteiger partial charge is 0.270 e. The second-order valence-electron chi connectivity index (χ2n) is 4.22. The Hall–Kier alpha value is -1.66. The maximum Gasteiger partial charge on any atom is 0.270 e. The van der Waals surface area contributed by atoms with Crippen LogP contribution in [0.3, 0.4) is 0 Å². The van der Waals surface area contributed by atoms with Crippen molar-refractivity contribution in [2.75, 3.05) is 0 Å². The van der Waals surface area contributed by atoms with Crippen LogP contribution in [0.2, 0.25) is 0 Å². The zero-order valence-corrected chi connectivity index (χ0v) is 13.0. The molecule has 110 valence electrons. The zero-order chi connectivity index (χ0) is 15.4. The molecule has 0 aliphatic carbocycles. The van der Waals surface area contributed by atoms with Crippen molar-refractivity contribution in [1.82, 2.24) is 0 Å². The Morgan fingerprint density at radius 1 is 1.29 bits per heavy atom. The molecule has 0 aliphatic heterocycles. The fourth-order valence-corrected chi connectivity index (χ4v) is 2.31. The second-order valence-corrected chi connectivity index (χ2v) is 5.34. The summed E-state index contributed by atoms with van der Waals surface area (Å²) in [5.41, 5.74) is 1.32. The van der Waals surface area contributed by atoms with E-state index in [1.807, 2.05) is 0 Å². The molecule has 0 heterocycles. The highest BCUT2D eigenvalue weighted by atomic mass is 79.9. The third-order valence-electron chi connectivity index (χ3n) is 2.78. The van der Waals surface area contributed by atoms with E-state index in [-0.39, 0.29) is 23.9 Å². The van der Waals surface area contributed by atoms with E-state index in [1.54, 1.807) is 12.1 Å². The molecule has 0 saturated carbocycles. The van der Waals surface area contributed by atoms with Crippen LogP contribution in [0.15, 0.2) is 40.9 Å². The molecule has 0 amide bonds. The Balaban J connectivity index is 2.11. The van der Waals surface area contributed by atoms with Gasteiger partial charge in [0.1, 0.15) is 6.61 Å².